The molecule has 0 amide bonds. The number of hydrogen-bond acceptors (Lipinski definition) is 3. The predicted molar refractivity (Wildman–Crippen MR) is 69.8 cm³/mol. The van der Waals surface area contributed by atoms with E-state index in [0.29, 0.717) is 30.7 Å². The zero-order valence-electron chi connectivity index (χ0n) is 11.4. The van der Waals surface area contributed by atoms with Crippen LogP contribution < -0.4 is 4.72 Å². The maximum Gasteiger partial charge on any atom is 0.227 e. The lowest BCUT2D eigenvalue weighted by Crippen LogP contribution is -2.38. The van der Waals surface area contributed by atoms with Crippen molar-refractivity contribution < 1.29 is 8.42 Å². The molecule has 0 aliphatic rings. The zero-order chi connectivity index (χ0) is 13.6. The van der Waals surface area contributed by atoms with Crippen LogP contribution in [0.2, 0.25) is 0 Å². The van der Waals surface area contributed by atoms with Crippen molar-refractivity contribution in [3.8, 4) is 6.07 Å². The topological polar surface area (TPSA) is 70.0 Å². The lowest BCUT2D eigenvalue weighted by atomic mass is 9.86. The third-order valence-electron chi connectivity index (χ3n) is 3.12. The number of hydrogen-bond donors (Lipinski definition) is 1. The Morgan fingerprint density at radius 3 is 1.94 bits per heavy atom. The maximum absolute atomic E-state index is 11.8. The average molecular weight is 260 g/mol. The lowest BCUT2D eigenvalue weighted by Gasteiger charge is -2.25. The Kier molecular flexibility index (Phi) is 6.73. The van der Waals surface area contributed by atoms with Gasteiger partial charge in [-0.2, -0.15) is 5.26 Å². The third-order valence-corrected chi connectivity index (χ3v) is 4.88. The molecule has 0 heterocycles. The maximum atomic E-state index is 11.8. The highest BCUT2D eigenvalue weighted by molar-refractivity contribution is 7.90. The zero-order valence-corrected chi connectivity index (χ0v) is 12.2. The molecule has 5 heteroatoms. The van der Waals surface area contributed by atoms with Gasteiger partial charge in [-0.25, -0.2) is 13.1 Å². The molecular formula is C12H24N2O2S. The Morgan fingerprint density at radius 1 is 1.18 bits per heavy atom. The smallest absolute Gasteiger partial charge is 0.214 e. The first-order chi connectivity index (χ1) is 7.76. The summed E-state index contributed by atoms with van der Waals surface area (Å²) in [7, 11) is -3.50. The first-order valence-electron chi connectivity index (χ1n) is 6.14. The van der Waals surface area contributed by atoms with Crippen molar-refractivity contribution in [2.75, 3.05) is 6.54 Å². The van der Waals surface area contributed by atoms with Gasteiger partial charge in [0.2, 0.25) is 10.0 Å². The molecular weight excluding hydrogens is 236 g/mol. The summed E-state index contributed by atoms with van der Waals surface area (Å²) < 4.78 is 26.2. The Hall–Kier alpha value is -0.600. The molecule has 1 atom stereocenters. The summed E-state index contributed by atoms with van der Waals surface area (Å²) in [5.74, 6) is 1.13. The van der Waals surface area contributed by atoms with Gasteiger partial charge in [-0.15, -0.1) is 0 Å². The molecule has 0 aromatic rings. The molecule has 0 rings (SSSR count). The van der Waals surface area contributed by atoms with Crippen LogP contribution in [0.1, 0.15) is 41.0 Å². The molecule has 100 valence electrons. The molecule has 1 N–H and O–H groups in total. The number of nitrogens with one attached hydrogen (secondary N) is 1. The van der Waals surface area contributed by atoms with E-state index in [4.69, 9.17) is 5.26 Å². The normalized spacial score (nSPS) is 14.3. The molecule has 0 radical (unpaired) electrons. The van der Waals surface area contributed by atoms with Crippen LogP contribution in [0.3, 0.4) is 0 Å². The first kappa shape index (κ1) is 16.4. The average Bonchev–Trinajstić information content (AvgIpc) is 2.17. The first-order valence-corrected chi connectivity index (χ1v) is 7.68. The van der Waals surface area contributed by atoms with Gasteiger partial charge in [-0.3, -0.25) is 0 Å². The minimum absolute atomic E-state index is 0.293. The lowest BCUT2D eigenvalue weighted by molar-refractivity contribution is 0.289. The summed E-state index contributed by atoms with van der Waals surface area (Å²) in [4.78, 5) is 0. The van der Waals surface area contributed by atoms with Crippen molar-refractivity contribution in [1.82, 2.24) is 4.72 Å². The van der Waals surface area contributed by atoms with Crippen LogP contribution in [0.5, 0.6) is 0 Å². The van der Waals surface area contributed by atoms with E-state index < -0.39 is 15.3 Å². The van der Waals surface area contributed by atoms with E-state index in [2.05, 4.69) is 32.4 Å². The number of nitrogens with zero attached hydrogens (tertiary/aromatic N) is 1. The highest BCUT2D eigenvalue weighted by Gasteiger charge is 2.26. The molecule has 4 nitrogen and oxygen atoms in total. The highest BCUT2D eigenvalue weighted by atomic mass is 32.2. The van der Waals surface area contributed by atoms with Gasteiger partial charge in [0, 0.05) is 6.54 Å². The van der Waals surface area contributed by atoms with Gasteiger partial charge in [-0.05, 0) is 24.2 Å². The summed E-state index contributed by atoms with van der Waals surface area (Å²) in [6.07, 6.45) is 0.319. The van der Waals surface area contributed by atoms with Crippen LogP contribution in [-0.2, 0) is 10.0 Å². The van der Waals surface area contributed by atoms with Gasteiger partial charge in [0.05, 0.1) is 6.07 Å². The van der Waals surface area contributed by atoms with Crippen molar-refractivity contribution in [2.45, 2.75) is 46.3 Å². The summed E-state index contributed by atoms with van der Waals surface area (Å²) in [6.45, 7) is 10.5. The van der Waals surface area contributed by atoms with Gasteiger partial charge in [0.25, 0.3) is 0 Å². The fourth-order valence-corrected chi connectivity index (χ4v) is 3.14. The molecule has 0 aliphatic heterocycles. The summed E-state index contributed by atoms with van der Waals surface area (Å²) in [6, 6.07) is 1.82. The van der Waals surface area contributed by atoms with Crippen LogP contribution in [0.15, 0.2) is 0 Å². The molecule has 0 spiro atoms. The van der Waals surface area contributed by atoms with E-state index in [0.717, 1.165) is 0 Å². The van der Waals surface area contributed by atoms with E-state index in [1.807, 2.05) is 6.07 Å². The van der Waals surface area contributed by atoms with Gasteiger partial charge >= 0.3 is 0 Å². The summed E-state index contributed by atoms with van der Waals surface area (Å²) in [5.41, 5.74) is 0. The van der Waals surface area contributed by atoms with Gasteiger partial charge in [0.15, 0.2) is 5.25 Å². The van der Waals surface area contributed by atoms with Gasteiger partial charge in [0.1, 0.15) is 0 Å². The molecule has 0 bridgehead atoms. The molecule has 0 saturated carbocycles. The molecule has 1 unspecified atom stereocenters. The van der Waals surface area contributed by atoms with E-state index >= 15 is 0 Å². The summed E-state index contributed by atoms with van der Waals surface area (Å²) >= 11 is 0. The monoisotopic (exact) mass is 260 g/mol. The highest BCUT2D eigenvalue weighted by Crippen LogP contribution is 2.20. The van der Waals surface area contributed by atoms with Crippen molar-refractivity contribution in [3.05, 3.63) is 0 Å². The van der Waals surface area contributed by atoms with E-state index in [1.165, 1.54) is 0 Å². The number of nitriles is 1. The van der Waals surface area contributed by atoms with Gasteiger partial charge in [-0.1, -0.05) is 34.6 Å². The Bertz CT molecular complexity index is 347. The molecule has 0 fully saturated rings. The second-order valence-electron chi connectivity index (χ2n) is 5.07. The fourth-order valence-electron chi connectivity index (χ4n) is 1.93. The largest absolute Gasteiger partial charge is 0.227 e. The molecule has 0 aliphatic carbocycles. The second-order valence-corrected chi connectivity index (χ2v) is 7.02. The molecule has 17 heavy (non-hydrogen) atoms. The third kappa shape index (κ3) is 5.05. The second kappa shape index (κ2) is 6.97. The van der Waals surface area contributed by atoms with Crippen molar-refractivity contribution in [2.24, 2.45) is 17.8 Å². The van der Waals surface area contributed by atoms with Gasteiger partial charge < -0.3 is 0 Å². The minimum Gasteiger partial charge on any atom is -0.214 e. The summed E-state index contributed by atoms with van der Waals surface area (Å²) in [5, 5.41) is 7.83. The van der Waals surface area contributed by atoms with E-state index in [9.17, 15) is 8.42 Å². The molecule has 0 aromatic heterocycles. The van der Waals surface area contributed by atoms with Crippen LogP contribution in [0.4, 0.5) is 0 Å². The van der Waals surface area contributed by atoms with Crippen molar-refractivity contribution in [1.29, 1.82) is 5.26 Å². The van der Waals surface area contributed by atoms with Crippen LogP contribution >= 0.6 is 0 Å². The van der Waals surface area contributed by atoms with Crippen LogP contribution in [0.25, 0.3) is 0 Å². The molecule has 0 aromatic carbocycles. The fraction of sp³-hybridized carbons (Fsp3) is 0.917. The van der Waals surface area contributed by atoms with E-state index in [-0.39, 0.29) is 0 Å². The molecule has 0 saturated heterocycles. The SMILES string of the molecule is CCC(C#N)S(=O)(=O)NCC(C(C)C)C(C)C. The van der Waals surface area contributed by atoms with Crippen molar-refractivity contribution >= 4 is 10.0 Å². The Morgan fingerprint density at radius 2 is 1.65 bits per heavy atom. The Balaban J connectivity index is 4.60. The minimum atomic E-state index is -3.50. The standard InChI is InChI=1S/C12H24N2O2S/c1-6-11(7-13)17(15,16)14-8-12(9(2)3)10(4)5/h9-12,14H,6,8H2,1-5H3. The number of rotatable bonds is 7. The quantitative estimate of drug-likeness (QED) is 0.762. The van der Waals surface area contributed by atoms with E-state index in [1.54, 1.807) is 6.92 Å². The van der Waals surface area contributed by atoms with Crippen LogP contribution in [-0.4, -0.2) is 20.2 Å². The predicted octanol–water partition coefficient (Wildman–Crippen LogP) is 2.14. The Labute approximate surface area is 105 Å². The number of sulfonamides is 1. The van der Waals surface area contributed by atoms with Crippen molar-refractivity contribution in [3.63, 3.8) is 0 Å². The van der Waals surface area contributed by atoms with Crippen LogP contribution in [0, 0.1) is 29.1 Å².